The van der Waals surface area contributed by atoms with Crippen LogP contribution in [0, 0.1) is 0 Å². The summed E-state index contributed by atoms with van der Waals surface area (Å²) in [6.07, 6.45) is 0.454. The molecule has 2 rings (SSSR count). The van der Waals surface area contributed by atoms with Crippen LogP contribution in [-0.4, -0.2) is 23.5 Å². The van der Waals surface area contributed by atoms with Gasteiger partial charge in [0, 0.05) is 12.5 Å². The van der Waals surface area contributed by atoms with Crippen LogP contribution in [-0.2, 0) is 14.3 Å². The molecule has 0 spiro atoms. The highest BCUT2D eigenvalue weighted by Gasteiger charge is 2.33. The lowest BCUT2D eigenvalue weighted by Crippen LogP contribution is -2.19. The molecule has 1 saturated heterocycles. The van der Waals surface area contributed by atoms with E-state index < -0.39 is 11.8 Å². The molecule has 2 unspecified atom stereocenters. The molecule has 0 saturated carbocycles. The van der Waals surface area contributed by atoms with Crippen molar-refractivity contribution in [3.05, 3.63) is 35.4 Å². The van der Waals surface area contributed by atoms with E-state index in [9.17, 15) is 4.79 Å². The van der Waals surface area contributed by atoms with Gasteiger partial charge in [-0.2, -0.15) is 0 Å². The zero-order valence-corrected chi connectivity index (χ0v) is 11.8. The highest BCUT2D eigenvalue weighted by atomic mass is 16.7. The molecule has 0 radical (unpaired) electrons. The Balaban J connectivity index is 1.98. The molecular formula is C15H21NO4. The number of carboxylic acids is 1. The summed E-state index contributed by atoms with van der Waals surface area (Å²) in [5.74, 6) is -1.36. The summed E-state index contributed by atoms with van der Waals surface area (Å²) in [5, 5.41) is 8.66. The maximum Gasteiger partial charge on any atom is 0.303 e. The number of benzene rings is 1. The van der Waals surface area contributed by atoms with E-state index in [0.717, 1.165) is 11.1 Å². The smallest absolute Gasteiger partial charge is 0.303 e. The van der Waals surface area contributed by atoms with Crippen molar-refractivity contribution in [2.45, 2.75) is 44.6 Å². The van der Waals surface area contributed by atoms with E-state index in [1.54, 1.807) is 0 Å². The summed E-state index contributed by atoms with van der Waals surface area (Å²) < 4.78 is 11.3. The number of nitrogens with two attached hydrogens (primary N) is 1. The molecule has 110 valence electrons. The van der Waals surface area contributed by atoms with Crippen molar-refractivity contribution in [2.75, 3.05) is 6.61 Å². The Bertz CT molecular complexity index is 469. The number of hydrogen-bond acceptors (Lipinski definition) is 4. The Morgan fingerprint density at radius 2 is 2.10 bits per heavy atom. The summed E-state index contributed by atoms with van der Waals surface area (Å²) in [5.41, 5.74) is 7.95. The van der Waals surface area contributed by atoms with Crippen molar-refractivity contribution in [1.29, 1.82) is 0 Å². The van der Waals surface area contributed by atoms with Gasteiger partial charge in [-0.15, -0.1) is 0 Å². The van der Waals surface area contributed by atoms with Crippen LogP contribution in [0.1, 0.15) is 50.0 Å². The van der Waals surface area contributed by atoms with Gasteiger partial charge in [0.1, 0.15) is 6.10 Å². The van der Waals surface area contributed by atoms with Gasteiger partial charge in [-0.1, -0.05) is 24.3 Å². The number of ether oxygens (including phenoxy) is 2. The van der Waals surface area contributed by atoms with Crippen molar-refractivity contribution in [1.82, 2.24) is 0 Å². The fourth-order valence-electron chi connectivity index (χ4n) is 2.25. The molecule has 1 aliphatic heterocycles. The van der Waals surface area contributed by atoms with Gasteiger partial charge < -0.3 is 20.3 Å². The number of carbonyl (C=O) groups is 1. The molecule has 1 aromatic carbocycles. The predicted molar refractivity (Wildman–Crippen MR) is 74.1 cm³/mol. The van der Waals surface area contributed by atoms with Gasteiger partial charge in [-0.25, -0.2) is 0 Å². The normalized spacial score (nSPS) is 22.6. The van der Waals surface area contributed by atoms with Crippen LogP contribution in [0.5, 0.6) is 0 Å². The van der Waals surface area contributed by atoms with E-state index in [2.05, 4.69) is 0 Å². The number of hydrogen-bond donors (Lipinski definition) is 2. The summed E-state index contributed by atoms with van der Waals surface area (Å²) in [6.45, 7) is 4.32. The van der Waals surface area contributed by atoms with Crippen LogP contribution in [0.2, 0.25) is 0 Å². The quantitative estimate of drug-likeness (QED) is 0.864. The third-order valence-corrected chi connectivity index (χ3v) is 3.41. The molecule has 0 aromatic heterocycles. The number of aliphatic carboxylic acids is 1. The maximum atomic E-state index is 10.5. The van der Waals surface area contributed by atoms with Gasteiger partial charge in [0.25, 0.3) is 0 Å². The SMILES string of the molecule is CC1(C)OCC(c2ccc(C(N)CCC(=O)O)cc2)O1. The Labute approximate surface area is 118 Å². The van der Waals surface area contributed by atoms with Crippen molar-refractivity contribution in [2.24, 2.45) is 5.73 Å². The van der Waals surface area contributed by atoms with E-state index in [1.165, 1.54) is 0 Å². The van der Waals surface area contributed by atoms with Gasteiger partial charge in [-0.3, -0.25) is 4.79 Å². The van der Waals surface area contributed by atoms with Crippen LogP contribution in [0.25, 0.3) is 0 Å². The summed E-state index contributed by atoms with van der Waals surface area (Å²) >= 11 is 0. The average molecular weight is 279 g/mol. The lowest BCUT2D eigenvalue weighted by atomic mass is 10.00. The second-order valence-electron chi connectivity index (χ2n) is 5.52. The third-order valence-electron chi connectivity index (χ3n) is 3.41. The van der Waals surface area contributed by atoms with E-state index in [1.807, 2.05) is 38.1 Å². The highest BCUT2D eigenvalue weighted by molar-refractivity contribution is 5.66. The van der Waals surface area contributed by atoms with Gasteiger partial charge >= 0.3 is 5.97 Å². The topological polar surface area (TPSA) is 81.8 Å². The van der Waals surface area contributed by atoms with Crippen molar-refractivity contribution in [3.8, 4) is 0 Å². The second-order valence-corrected chi connectivity index (χ2v) is 5.52. The predicted octanol–water partition coefficient (Wildman–Crippen LogP) is 2.38. The lowest BCUT2D eigenvalue weighted by Gasteiger charge is -2.17. The van der Waals surface area contributed by atoms with E-state index in [-0.39, 0.29) is 18.6 Å². The molecule has 1 aliphatic rings. The molecular weight excluding hydrogens is 258 g/mol. The fourth-order valence-corrected chi connectivity index (χ4v) is 2.25. The van der Waals surface area contributed by atoms with Crippen LogP contribution in [0.4, 0.5) is 0 Å². The van der Waals surface area contributed by atoms with Crippen LogP contribution >= 0.6 is 0 Å². The Kier molecular flexibility index (Phi) is 4.42. The molecule has 0 bridgehead atoms. The van der Waals surface area contributed by atoms with Gasteiger partial charge in [-0.05, 0) is 31.4 Å². The zero-order chi connectivity index (χ0) is 14.8. The molecule has 3 N–H and O–H groups in total. The largest absolute Gasteiger partial charge is 0.481 e. The Morgan fingerprint density at radius 1 is 1.45 bits per heavy atom. The van der Waals surface area contributed by atoms with E-state index in [0.29, 0.717) is 13.0 Å². The standard InChI is InChI=1S/C15H21NO4/c1-15(2)19-9-13(20-15)11-5-3-10(4-6-11)12(16)7-8-14(17)18/h3-6,12-13H,7-9,16H2,1-2H3,(H,17,18). The molecule has 2 atom stereocenters. The van der Waals surface area contributed by atoms with Crippen LogP contribution in [0.3, 0.4) is 0 Å². The number of rotatable bonds is 5. The molecule has 1 heterocycles. The molecule has 5 heteroatoms. The van der Waals surface area contributed by atoms with E-state index >= 15 is 0 Å². The van der Waals surface area contributed by atoms with E-state index in [4.69, 9.17) is 20.3 Å². The monoisotopic (exact) mass is 279 g/mol. The molecule has 1 aromatic rings. The molecule has 1 fully saturated rings. The van der Waals surface area contributed by atoms with Crippen molar-refractivity contribution < 1.29 is 19.4 Å². The minimum Gasteiger partial charge on any atom is -0.481 e. The first-order chi connectivity index (χ1) is 9.37. The average Bonchev–Trinajstić information content (AvgIpc) is 2.76. The Hall–Kier alpha value is -1.43. The second kappa shape index (κ2) is 5.91. The third kappa shape index (κ3) is 3.79. The number of carboxylic acid groups (broad SMARTS) is 1. The maximum absolute atomic E-state index is 10.5. The molecule has 20 heavy (non-hydrogen) atoms. The lowest BCUT2D eigenvalue weighted by molar-refractivity contribution is -0.139. The van der Waals surface area contributed by atoms with Crippen LogP contribution < -0.4 is 5.73 Å². The first kappa shape index (κ1) is 15.0. The van der Waals surface area contributed by atoms with Gasteiger partial charge in [0.2, 0.25) is 0 Å². The van der Waals surface area contributed by atoms with Gasteiger partial charge in [0.15, 0.2) is 5.79 Å². The zero-order valence-electron chi connectivity index (χ0n) is 11.8. The minimum absolute atomic E-state index is 0.0608. The highest BCUT2D eigenvalue weighted by Crippen LogP contribution is 2.33. The summed E-state index contributed by atoms with van der Waals surface area (Å²) in [6, 6.07) is 7.53. The molecule has 5 nitrogen and oxygen atoms in total. The van der Waals surface area contributed by atoms with Crippen molar-refractivity contribution in [3.63, 3.8) is 0 Å². The first-order valence-electron chi connectivity index (χ1n) is 6.76. The summed E-state index contributed by atoms with van der Waals surface area (Å²) in [4.78, 5) is 10.5. The molecule has 0 aliphatic carbocycles. The van der Waals surface area contributed by atoms with Crippen LogP contribution in [0.15, 0.2) is 24.3 Å². The van der Waals surface area contributed by atoms with Crippen molar-refractivity contribution >= 4 is 5.97 Å². The Morgan fingerprint density at radius 3 is 2.60 bits per heavy atom. The van der Waals surface area contributed by atoms with Gasteiger partial charge in [0.05, 0.1) is 6.61 Å². The molecule has 0 amide bonds. The first-order valence-corrected chi connectivity index (χ1v) is 6.76. The summed E-state index contributed by atoms with van der Waals surface area (Å²) in [7, 11) is 0. The minimum atomic E-state index is -0.823. The fraction of sp³-hybridized carbons (Fsp3) is 0.533.